The third-order valence-electron chi connectivity index (χ3n) is 2.69. The van der Waals surface area contributed by atoms with Crippen molar-refractivity contribution in [3.8, 4) is 0 Å². The van der Waals surface area contributed by atoms with Crippen LogP contribution in [0.15, 0.2) is 24.3 Å². The van der Waals surface area contributed by atoms with E-state index in [9.17, 15) is 18.3 Å². The molecular weight excluding hydrogens is 221 g/mol. The second kappa shape index (κ2) is 3.28. The summed E-state index contributed by atoms with van der Waals surface area (Å²) in [5, 5.41) is 9.24. The summed E-state index contributed by atoms with van der Waals surface area (Å²) < 4.78 is 37.0. The molecule has 0 amide bonds. The Morgan fingerprint density at radius 1 is 1.19 bits per heavy atom. The SMILES string of the molecule is Nc1ccc(N2CC(O)(C(F)(F)F)C2)cc1. The van der Waals surface area contributed by atoms with Crippen LogP contribution in [0.1, 0.15) is 0 Å². The van der Waals surface area contributed by atoms with Gasteiger partial charge < -0.3 is 15.7 Å². The number of aliphatic hydroxyl groups is 1. The van der Waals surface area contributed by atoms with E-state index in [1.165, 1.54) is 4.90 Å². The van der Waals surface area contributed by atoms with Gasteiger partial charge in [-0.15, -0.1) is 0 Å². The smallest absolute Gasteiger partial charge is 0.399 e. The molecule has 0 aliphatic carbocycles. The van der Waals surface area contributed by atoms with Gasteiger partial charge in [0.2, 0.25) is 0 Å². The van der Waals surface area contributed by atoms with E-state index in [1.807, 2.05) is 0 Å². The van der Waals surface area contributed by atoms with Gasteiger partial charge in [0.25, 0.3) is 0 Å². The average Bonchev–Trinajstić information content (AvgIpc) is 2.13. The van der Waals surface area contributed by atoms with E-state index >= 15 is 0 Å². The van der Waals surface area contributed by atoms with Crippen molar-refractivity contribution in [2.75, 3.05) is 23.7 Å². The Balaban J connectivity index is 2.06. The molecule has 1 fully saturated rings. The first-order chi connectivity index (χ1) is 7.32. The first kappa shape index (κ1) is 11.1. The molecule has 0 aromatic heterocycles. The Kier molecular flexibility index (Phi) is 2.27. The first-order valence-corrected chi connectivity index (χ1v) is 4.71. The fourth-order valence-corrected chi connectivity index (χ4v) is 1.63. The van der Waals surface area contributed by atoms with E-state index in [4.69, 9.17) is 5.73 Å². The number of rotatable bonds is 1. The van der Waals surface area contributed by atoms with Crippen LogP contribution < -0.4 is 10.6 Å². The number of nitrogen functional groups attached to an aromatic ring is 1. The molecule has 3 nitrogen and oxygen atoms in total. The lowest BCUT2D eigenvalue weighted by molar-refractivity contribution is -0.267. The van der Waals surface area contributed by atoms with Crippen LogP contribution in [0.25, 0.3) is 0 Å². The van der Waals surface area contributed by atoms with Gasteiger partial charge in [0.1, 0.15) is 0 Å². The van der Waals surface area contributed by atoms with Crippen LogP contribution in [0, 0.1) is 0 Å². The molecule has 2 rings (SSSR count). The average molecular weight is 232 g/mol. The molecule has 1 aliphatic rings. The highest BCUT2D eigenvalue weighted by atomic mass is 19.4. The van der Waals surface area contributed by atoms with E-state index < -0.39 is 24.9 Å². The number of benzene rings is 1. The Bertz CT molecular complexity index is 382. The van der Waals surface area contributed by atoms with Gasteiger partial charge in [0, 0.05) is 11.4 Å². The topological polar surface area (TPSA) is 49.5 Å². The van der Waals surface area contributed by atoms with E-state index in [2.05, 4.69) is 0 Å². The highest BCUT2D eigenvalue weighted by molar-refractivity contribution is 5.55. The maximum Gasteiger partial charge on any atom is 0.420 e. The zero-order valence-corrected chi connectivity index (χ0v) is 8.33. The number of alkyl halides is 3. The maximum absolute atomic E-state index is 12.3. The fourth-order valence-electron chi connectivity index (χ4n) is 1.63. The van der Waals surface area contributed by atoms with Crippen molar-refractivity contribution >= 4 is 11.4 Å². The Hall–Kier alpha value is -1.43. The van der Waals surface area contributed by atoms with Crippen molar-refractivity contribution in [2.45, 2.75) is 11.8 Å². The predicted molar refractivity (Wildman–Crippen MR) is 54.1 cm³/mol. The molecule has 0 bridgehead atoms. The zero-order valence-electron chi connectivity index (χ0n) is 8.33. The summed E-state index contributed by atoms with van der Waals surface area (Å²) in [6.07, 6.45) is -4.57. The molecule has 16 heavy (non-hydrogen) atoms. The minimum atomic E-state index is -4.57. The van der Waals surface area contributed by atoms with Gasteiger partial charge in [-0.1, -0.05) is 0 Å². The summed E-state index contributed by atoms with van der Waals surface area (Å²) in [4.78, 5) is 1.45. The van der Waals surface area contributed by atoms with Crippen LogP contribution in [0.4, 0.5) is 24.5 Å². The van der Waals surface area contributed by atoms with E-state index in [-0.39, 0.29) is 0 Å². The maximum atomic E-state index is 12.3. The van der Waals surface area contributed by atoms with Crippen LogP contribution in [-0.2, 0) is 0 Å². The number of hydrogen-bond acceptors (Lipinski definition) is 3. The van der Waals surface area contributed by atoms with E-state index in [0.29, 0.717) is 11.4 Å². The van der Waals surface area contributed by atoms with Crippen LogP contribution in [-0.4, -0.2) is 30.0 Å². The minimum absolute atomic E-state index is 0.430. The number of anilines is 2. The lowest BCUT2D eigenvalue weighted by Crippen LogP contribution is -2.69. The van der Waals surface area contributed by atoms with Crippen LogP contribution in [0.3, 0.4) is 0 Å². The van der Waals surface area contributed by atoms with Gasteiger partial charge in [0.15, 0.2) is 5.60 Å². The molecule has 88 valence electrons. The molecule has 0 spiro atoms. The van der Waals surface area contributed by atoms with E-state index in [0.717, 1.165) is 0 Å². The molecular formula is C10H11F3N2O. The van der Waals surface area contributed by atoms with Crippen molar-refractivity contribution in [1.29, 1.82) is 0 Å². The first-order valence-electron chi connectivity index (χ1n) is 4.71. The van der Waals surface area contributed by atoms with Crippen molar-refractivity contribution in [3.05, 3.63) is 24.3 Å². The molecule has 1 aromatic carbocycles. The van der Waals surface area contributed by atoms with Crippen LogP contribution >= 0.6 is 0 Å². The monoisotopic (exact) mass is 232 g/mol. The minimum Gasteiger partial charge on any atom is -0.399 e. The second-order valence-corrected chi connectivity index (χ2v) is 3.98. The summed E-state index contributed by atoms with van der Waals surface area (Å²) in [6, 6.07) is 6.48. The van der Waals surface area contributed by atoms with Crippen LogP contribution in [0.5, 0.6) is 0 Å². The van der Waals surface area contributed by atoms with Gasteiger partial charge in [-0.05, 0) is 24.3 Å². The summed E-state index contributed by atoms with van der Waals surface area (Å²) in [5.74, 6) is 0. The van der Waals surface area contributed by atoms with Crippen molar-refractivity contribution in [3.63, 3.8) is 0 Å². The Morgan fingerprint density at radius 2 is 1.69 bits per heavy atom. The van der Waals surface area contributed by atoms with Gasteiger partial charge in [-0.25, -0.2) is 0 Å². The van der Waals surface area contributed by atoms with Crippen LogP contribution in [0.2, 0.25) is 0 Å². The lowest BCUT2D eigenvalue weighted by Gasteiger charge is -2.48. The molecule has 3 N–H and O–H groups in total. The zero-order chi connectivity index (χ0) is 12.0. The Labute approximate surface area is 90.3 Å². The molecule has 1 heterocycles. The summed E-state index contributed by atoms with van der Waals surface area (Å²) in [6.45, 7) is -0.860. The van der Waals surface area contributed by atoms with E-state index in [1.54, 1.807) is 24.3 Å². The third kappa shape index (κ3) is 1.69. The molecule has 1 saturated heterocycles. The number of β-amino-alcohol motifs (C(OH)–C–C–N with tert-alkyl or cyclic N) is 1. The molecule has 0 radical (unpaired) electrons. The quantitative estimate of drug-likeness (QED) is 0.719. The highest BCUT2D eigenvalue weighted by Gasteiger charge is 2.61. The summed E-state index contributed by atoms with van der Waals surface area (Å²) >= 11 is 0. The molecule has 0 saturated carbocycles. The normalized spacial score (nSPS) is 19.4. The molecule has 1 aromatic rings. The van der Waals surface area contributed by atoms with Crippen molar-refractivity contribution < 1.29 is 18.3 Å². The standard InChI is InChI=1S/C10H11F3N2O/c11-10(12,13)9(16)5-15(6-9)8-3-1-7(14)2-4-8/h1-4,16H,5-6,14H2. The molecule has 6 heteroatoms. The highest BCUT2D eigenvalue weighted by Crippen LogP contribution is 2.39. The summed E-state index contributed by atoms with van der Waals surface area (Å²) in [5.41, 5.74) is 4.07. The molecule has 0 unspecified atom stereocenters. The van der Waals surface area contributed by atoms with Gasteiger partial charge in [-0.2, -0.15) is 13.2 Å². The summed E-state index contributed by atoms with van der Waals surface area (Å²) in [7, 11) is 0. The van der Waals surface area contributed by atoms with Gasteiger partial charge in [0.05, 0.1) is 13.1 Å². The lowest BCUT2D eigenvalue weighted by atomic mass is 9.93. The predicted octanol–water partition coefficient (Wildman–Crippen LogP) is 1.38. The third-order valence-corrected chi connectivity index (χ3v) is 2.69. The number of nitrogens with zero attached hydrogens (tertiary/aromatic N) is 1. The number of halogens is 3. The van der Waals surface area contributed by atoms with Crippen molar-refractivity contribution in [1.82, 2.24) is 0 Å². The molecule has 0 atom stereocenters. The fraction of sp³-hybridized carbons (Fsp3) is 0.400. The largest absolute Gasteiger partial charge is 0.420 e. The second-order valence-electron chi connectivity index (χ2n) is 3.98. The number of nitrogens with two attached hydrogens (primary N) is 1. The van der Waals surface area contributed by atoms with Gasteiger partial charge >= 0.3 is 6.18 Å². The molecule has 1 aliphatic heterocycles. The number of hydrogen-bond donors (Lipinski definition) is 2. The Morgan fingerprint density at radius 3 is 2.12 bits per heavy atom. The van der Waals surface area contributed by atoms with Gasteiger partial charge in [-0.3, -0.25) is 0 Å². The van der Waals surface area contributed by atoms with Crippen molar-refractivity contribution in [2.24, 2.45) is 0 Å².